The molecular weight excluding hydrogens is 192 g/mol. The number of nitrogens with zero attached hydrogens (tertiary/aromatic N) is 3. The van der Waals surface area contributed by atoms with E-state index in [2.05, 4.69) is 15.2 Å². The van der Waals surface area contributed by atoms with Crippen LogP contribution in [0.4, 0.5) is 0 Å². The molecule has 2 aromatic heterocycles. The Kier molecular flexibility index (Phi) is 2.37. The molecule has 2 N–H and O–H groups in total. The highest BCUT2D eigenvalue weighted by molar-refractivity contribution is 5.93. The van der Waals surface area contributed by atoms with Crippen LogP contribution in [0.3, 0.4) is 0 Å². The number of nitrogens with two attached hydrogens (primary N) is 1. The number of amides is 1. The first-order valence-corrected chi connectivity index (χ1v) is 4.29. The van der Waals surface area contributed by atoms with Gasteiger partial charge in [-0.15, -0.1) is 0 Å². The molecule has 74 valence electrons. The molecule has 0 radical (unpaired) electrons. The van der Waals surface area contributed by atoms with Gasteiger partial charge in [0.15, 0.2) is 0 Å². The van der Waals surface area contributed by atoms with Gasteiger partial charge in [-0.2, -0.15) is 10.2 Å². The largest absolute Gasteiger partial charge is 0.366 e. The van der Waals surface area contributed by atoms with Crippen molar-refractivity contribution in [3.8, 4) is 11.1 Å². The zero-order chi connectivity index (χ0) is 10.7. The first-order chi connectivity index (χ1) is 7.27. The Balaban J connectivity index is 2.46. The van der Waals surface area contributed by atoms with Crippen molar-refractivity contribution in [2.75, 3.05) is 0 Å². The molecule has 0 aliphatic heterocycles. The van der Waals surface area contributed by atoms with Crippen molar-refractivity contribution in [3.63, 3.8) is 0 Å². The molecule has 0 saturated carbocycles. The average molecular weight is 200 g/mol. The summed E-state index contributed by atoms with van der Waals surface area (Å²) < 4.78 is 0. The molecule has 0 aromatic carbocycles. The van der Waals surface area contributed by atoms with E-state index in [9.17, 15) is 4.79 Å². The minimum atomic E-state index is -0.494. The Morgan fingerprint density at radius 2 is 2.00 bits per heavy atom. The maximum atomic E-state index is 10.9. The third-order valence-corrected chi connectivity index (χ3v) is 1.94. The van der Waals surface area contributed by atoms with Crippen LogP contribution in [0.1, 0.15) is 10.4 Å². The van der Waals surface area contributed by atoms with E-state index in [-0.39, 0.29) is 0 Å². The lowest BCUT2D eigenvalue weighted by Gasteiger charge is -2.00. The summed E-state index contributed by atoms with van der Waals surface area (Å²) in [5, 5.41) is 7.41. The van der Waals surface area contributed by atoms with Gasteiger partial charge in [-0.05, 0) is 12.1 Å². The molecule has 0 unspecified atom stereocenters. The van der Waals surface area contributed by atoms with E-state index in [4.69, 9.17) is 5.73 Å². The second-order valence-corrected chi connectivity index (χ2v) is 2.96. The molecule has 0 fully saturated rings. The summed E-state index contributed by atoms with van der Waals surface area (Å²) in [6, 6.07) is 3.46. The Bertz CT molecular complexity index is 484. The molecule has 5 heteroatoms. The van der Waals surface area contributed by atoms with E-state index in [1.807, 2.05) is 0 Å². The Hall–Kier alpha value is -2.30. The number of carbonyl (C=O) groups excluding carboxylic acids is 1. The molecule has 5 nitrogen and oxygen atoms in total. The zero-order valence-corrected chi connectivity index (χ0v) is 7.79. The summed E-state index contributed by atoms with van der Waals surface area (Å²) in [4.78, 5) is 14.9. The number of hydrogen-bond acceptors (Lipinski definition) is 4. The normalized spacial score (nSPS) is 9.87. The molecular formula is C10H8N4O. The summed E-state index contributed by atoms with van der Waals surface area (Å²) in [6.07, 6.45) is 6.25. The quantitative estimate of drug-likeness (QED) is 0.771. The van der Waals surface area contributed by atoms with Crippen molar-refractivity contribution in [1.29, 1.82) is 0 Å². The van der Waals surface area contributed by atoms with Gasteiger partial charge in [0.05, 0.1) is 18.0 Å². The van der Waals surface area contributed by atoms with Crippen molar-refractivity contribution >= 4 is 5.91 Å². The van der Waals surface area contributed by atoms with E-state index in [1.54, 1.807) is 30.7 Å². The van der Waals surface area contributed by atoms with E-state index >= 15 is 0 Å². The predicted molar refractivity (Wildman–Crippen MR) is 53.8 cm³/mol. The van der Waals surface area contributed by atoms with Crippen molar-refractivity contribution in [2.45, 2.75) is 0 Å². The zero-order valence-electron chi connectivity index (χ0n) is 7.79. The molecule has 0 aliphatic carbocycles. The first-order valence-electron chi connectivity index (χ1n) is 4.29. The van der Waals surface area contributed by atoms with E-state index < -0.39 is 5.91 Å². The second kappa shape index (κ2) is 3.83. The number of primary amides is 1. The maximum Gasteiger partial charge on any atom is 0.250 e. The minimum Gasteiger partial charge on any atom is -0.366 e. The average Bonchev–Trinajstić information content (AvgIpc) is 2.30. The number of pyridine rings is 1. The number of aromatic nitrogens is 3. The highest BCUT2D eigenvalue weighted by atomic mass is 16.1. The molecule has 1 amide bonds. The number of hydrogen-bond donors (Lipinski definition) is 1. The van der Waals surface area contributed by atoms with Gasteiger partial charge in [-0.1, -0.05) is 0 Å². The van der Waals surface area contributed by atoms with E-state index in [0.717, 1.165) is 11.1 Å². The van der Waals surface area contributed by atoms with Gasteiger partial charge in [0.1, 0.15) is 0 Å². The van der Waals surface area contributed by atoms with Crippen LogP contribution in [-0.4, -0.2) is 21.1 Å². The fraction of sp³-hybridized carbons (Fsp3) is 0. The number of carbonyl (C=O) groups is 1. The molecule has 0 atom stereocenters. The number of rotatable bonds is 2. The van der Waals surface area contributed by atoms with Crippen molar-refractivity contribution in [2.24, 2.45) is 5.73 Å². The SMILES string of the molecule is NC(=O)c1cncc(-c2ccnnc2)c1. The molecule has 2 aromatic rings. The fourth-order valence-corrected chi connectivity index (χ4v) is 1.19. The van der Waals surface area contributed by atoms with Crippen LogP contribution < -0.4 is 5.73 Å². The highest BCUT2D eigenvalue weighted by Crippen LogP contribution is 2.16. The van der Waals surface area contributed by atoms with E-state index in [0.29, 0.717) is 5.56 Å². The molecule has 0 saturated heterocycles. The van der Waals surface area contributed by atoms with Crippen LogP contribution in [0, 0.1) is 0 Å². The lowest BCUT2D eigenvalue weighted by molar-refractivity contribution is 0.1000. The first kappa shape index (κ1) is 9.26. The van der Waals surface area contributed by atoms with Crippen LogP contribution in [0.15, 0.2) is 36.9 Å². The third kappa shape index (κ3) is 1.96. The minimum absolute atomic E-state index is 0.379. The predicted octanol–water partition coefficient (Wildman–Crippen LogP) is 0.637. The van der Waals surface area contributed by atoms with E-state index in [1.165, 1.54) is 6.20 Å². The monoisotopic (exact) mass is 200 g/mol. The molecule has 15 heavy (non-hydrogen) atoms. The van der Waals surface area contributed by atoms with Crippen LogP contribution >= 0.6 is 0 Å². The van der Waals surface area contributed by atoms with Crippen molar-refractivity contribution in [3.05, 3.63) is 42.5 Å². The van der Waals surface area contributed by atoms with Gasteiger partial charge in [0.2, 0.25) is 5.91 Å². The third-order valence-electron chi connectivity index (χ3n) is 1.94. The molecule has 0 aliphatic rings. The smallest absolute Gasteiger partial charge is 0.250 e. The lowest BCUT2D eigenvalue weighted by atomic mass is 10.1. The topological polar surface area (TPSA) is 81.8 Å². The van der Waals surface area contributed by atoms with Gasteiger partial charge in [0.25, 0.3) is 0 Å². The fourth-order valence-electron chi connectivity index (χ4n) is 1.19. The van der Waals surface area contributed by atoms with Gasteiger partial charge < -0.3 is 5.73 Å². The van der Waals surface area contributed by atoms with Crippen LogP contribution in [-0.2, 0) is 0 Å². The second-order valence-electron chi connectivity index (χ2n) is 2.96. The summed E-state index contributed by atoms with van der Waals surface area (Å²) in [5.41, 5.74) is 7.17. The van der Waals surface area contributed by atoms with Gasteiger partial charge >= 0.3 is 0 Å². The Morgan fingerprint density at radius 1 is 1.13 bits per heavy atom. The summed E-state index contributed by atoms with van der Waals surface area (Å²) >= 11 is 0. The Morgan fingerprint density at radius 3 is 2.67 bits per heavy atom. The summed E-state index contributed by atoms with van der Waals surface area (Å²) in [6.45, 7) is 0. The van der Waals surface area contributed by atoms with Crippen LogP contribution in [0.25, 0.3) is 11.1 Å². The van der Waals surface area contributed by atoms with Crippen LogP contribution in [0.5, 0.6) is 0 Å². The molecule has 2 heterocycles. The molecule has 0 bridgehead atoms. The standard InChI is InChI=1S/C10H8N4O/c11-10(15)9-3-8(4-12-5-9)7-1-2-13-14-6-7/h1-6H,(H2,11,15). The Labute approximate surface area is 86.0 Å². The van der Waals surface area contributed by atoms with Crippen molar-refractivity contribution < 1.29 is 4.79 Å². The molecule has 2 rings (SSSR count). The lowest BCUT2D eigenvalue weighted by Crippen LogP contribution is -2.11. The highest BCUT2D eigenvalue weighted by Gasteiger charge is 2.03. The van der Waals surface area contributed by atoms with Gasteiger partial charge in [-0.3, -0.25) is 9.78 Å². The van der Waals surface area contributed by atoms with Crippen LogP contribution in [0.2, 0.25) is 0 Å². The van der Waals surface area contributed by atoms with Crippen molar-refractivity contribution in [1.82, 2.24) is 15.2 Å². The summed E-state index contributed by atoms with van der Waals surface area (Å²) in [7, 11) is 0. The van der Waals surface area contributed by atoms with Gasteiger partial charge in [-0.25, -0.2) is 0 Å². The molecule has 0 spiro atoms. The van der Waals surface area contributed by atoms with Gasteiger partial charge in [0, 0.05) is 23.5 Å². The summed E-state index contributed by atoms with van der Waals surface area (Å²) in [5.74, 6) is -0.494. The maximum absolute atomic E-state index is 10.9.